The van der Waals surface area contributed by atoms with Gasteiger partial charge in [-0.2, -0.15) is 19.3 Å². The molecule has 98 valence electrons. The molecule has 0 amide bonds. The van der Waals surface area contributed by atoms with E-state index >= 15 is 0 Å². The molecular weight excluding hydrogens is 211 g/mol. The third-order valence-corrected chi connectivity index (χ3v) is 3.32. The molecule has 0 saturated heterocycles. The zero-order chi connectivity index (χ0) is 13.1. The van der Waals surface area contributed by atoms with Crippen LogP contribution in [-0.2, 0) is 6.42 Å². The molecule has 0 saturated carbocycles. The summed E-state index contributed by atoms with van der Waals surface area (Å²) in [6.45, 7) is 16.0. The fraction of sp³-hybridized carbons (Fsp3) is 0.471. The fourth-order valence-electron chi connectivity index (χ4n) is 1.69. The SMILES string of the molecule is [CH2-]CC(C[CH2-])C(C)CC.[CH2-]Cc1ccccc1.[Li+]. The molecule has 1 atom stereocenters. The predicted molar refractivity (Wildman–Crippen MR) is 78.4 cm³/mol. The van der Waals surface area contributed by atoms with Gasteiger partial charge < -0.3 is 20.8 Å². The molecule has 0 aliphatic carbocycles. The van der Waals surface area contributed by atoms with Crippen molar-refractivity contribution in [1.82, 2.24) is 0 Å². The van der Waals surface area contributed by atoms with Gasteiger partial charge in [-0.05, 0) is 5.92 Å². The first kappa shape index (κ1) is 20.1. The van der Waals surface area contributed by atoms with Gasteiger partial charge in [0, 0.05) is 0 Å². The normalized spacial score (nSPS) is 11.2. The van der Waals surface area contributed by atoms with Crippen molar-refractivity contribution in [2.45, 2.75) is 39.5 Å². The molecule has 0 N–H and O–H groups in total. The van der Waals surface area contributed by atoms with Gasteiger partial charge in [-0.15, -0.1) is 0 Å². The number of rotatable bonds is 5. The maximum atomic E-state index is 3.89. The maximum Gasteiger partial charge on any atom is 1.00 e. The van der Waals surface area contributed by atoms with E-state index in [0.717, 1.165) is 31.1 Å². The summed E-state index contributed by atoms with van der Waals surface area (Å²) in [6, 6.07) is 10.2. The van der Waals surface area contributed by atoms with Crippen LogP contribution in [0.4, 0.5) is 0 Å². The molecule has 0 radical (unpaired) electrons. The Morgan fingerprint density at radius 2 is 1.50 bits per heavy atom. The van der Waals surface area contributed by atoms with E-state index in [1.807, 2.05) is 18.2 Å². The van der Waals surface area contributed by atoms with Gasteiger partial charge in [0.15, 0.2) is 0 Å². The molecular formula is C17H27Li-2. The molecule has 18 heavy (non-hydrogen) atoms. The van der Waals surface area contributed by atoms with Gasteiger partial charge in [0.25, 0.3) is 0 Å². The molecule has 0 aliphatic rings. The number of hydrogen-bond donors (Lipinski definition) is 0. The minimum Gasteiger partial charge on any atom is -0.343 e. The van der Waals surface area contributed by atoms with Crippen LogP contribution in [0.1, 0.15) is 38.7 Å². The first-order chi connectivity index (χ1) is 8.19. The smallest absolute Gasteiger partial charge is 0.343 e. The van der Waals surface area contributed by atoms with E-state index in [1.54, 1.807) is 0 Å². The van der Waals surface area contributed by atoms with Crippen LogP contribution in [0.5, 0.6) is 0 Å². The van der Waals surface area contributed by atoms with E-state index in [4.69, 9.17) is 0 Å². The minimum absolute atomic E-state index is 0. The largest absolute Gasteiger partial charge is 1.00 e. The van der Waals surface area contributed by atoms with E-state index in [9.17, 15) is 0 Å². The van der Waals surface area contributed by atoms with Crippen molar-refractivity contribution in [1.29, 1.82) is 0 Å². The second-order valence-corrected chi connectivity index (χ2v) is 4.46. The second kappa shape index (κ2) is 13.3. The predicted octanol–water partition coefficient (Wildman–Crippen LogP) is 2.16. The molecule has 0 heterocycles. The Balaban J connectivity index is 0. The van der Waals surface area contributed by atoms with Crippen LogP contribution < -0.4 is 18.9 Å². The van der Waals surface area contributed by atoms with Crippen molar-refractivity contribution in [3.05, 3.63) is 56.7 Å². The summed E-state index contributed by atoms with van der Waals surface area (Å²) in [4.78, 5) is 0. The van der Waals surface area contributed by atoms with Gasteiger partial charge in [0.05, 0.1) is 0 Å². The average molecular weight is 238 g/mol. The van der Waals surface area contributed by atoms with Gasteiger partial charge in [-0.25, -0.2) is 0 Å². The van der Waals surface area contributed by atoms with Crippen molar-refractivity contribution >= 4 is 0 Å². The minimum atomic E-state index is 0. The monoisotopic (exact) mass is 238 g/mol. The first-order valence-corrected chi connectivity index (χ1v) is 6.61. The van der Waals surface area contributed by atoms with Crippen LogP contribution in [0.2, 0.25) is 0 Å². The molecule has 0 fully saturated rings. The van der Waals surface area contributed by atoms with Crippen molar-refractivity contribution in [3.63, 3.8) is 0 Å². The molecule has 0 aromatic heterocycles. The fourth-order valence-corrected chi connectivity index (χ4v) is 1.69. The second-order valence-electron chi connectivity index (χ2n) is 4.46. The third-order valence-electron chi connectivity index (χ3n) is 3.32. The van der Waals surface area contributed by atoms with Gasteiger partial charge in [-0.1, -0.05) is 62.1 Å². The zero-order valence-corrected chi connectivity index (χ0v) is 12.5. The van der Waals surface area contributed by atoms with Crippen LogP contribution >= 0.6 is 0 Å². The van der Waals surface area contributed by atoms with Crippen LogP contribution in [0.15, 0.2) is 30.3 Å². The Bertz CT molecular complexity index is 252. The molecule has 0 spiro atoms. The van der Waals surface area contributed by atoms with E-state index in [0.29, 0.717) is 0 Å². The van der Waals surface area contributed by atoms with E-state index in [1.165, 1.54) is 12.0 Å². The van der Waals surface area contributed by atoms with Gasteiger partial charge in [0.2, 0.25) is 0 Å². The van der Waals surface area contributed by atoms with Gasteiger partial charge in [-0.3, -0.25) is 0 Å². The summed E-state index contributed by atoms with van der Waals surface area (Å²) in [7, 11) is 0. The van der Waals surface area contributed by atoms with Crippen molar-refractivity contribution in [2.24, 2.45) is 11.8 Å². The van der Waals surface area contributed by atoms with Gasteiger partial charge in [0.1, 0.15) is 0 Å². The van der Waals surface area contributed by atoms with Crippen molar-refractivity contribution < 1.29 is 18.9 Å². The summed E-state index contributed by atoms with van der Waals surface area (Å²) >= 11 is 0. The molecule has 1 aromatic rings. The summed E-state index contributed by atoms with van der Waals surface area (Å²) in [5, 5.41) is 0. The van der Waals surface area contributed by atoms with E-state index in [-0.39, 0.29) is 18.9 Å². The summed E-state index contributed by atoms with van der Waals surface area (Å²) in [6.07, 6.45) is 4.23. The van der Waals surface area contributed by atoms with Crippen molar-refractivity contribution in [3.8, 4) is 0 Å². The third kappa shape index (κ3) is 8.84. The van der Waals surface area contributed by atoms with Crippen LogP contribution in [0.25, 0.3) is 0 Å². The number of benzene rings is 1. The number of hydrogen-bond acceptors (Lipinski definition) is 0. The summed E-state index contributed by atoms with van der Waals surface area (Å²) < 4.78 is 0. The van der Waals surface area contributed by atoms with Crippen LogP contribution in [0, 0.1) is 32.6 Å². The average Bonchev–Trinajstić information content (AvgIpc) is 2.41. The molecule has 1 aromatic carbocycles. The molecule has 1 unspecified atom stereocenters. The zero-order valence-electron chi connectivity index (χ0n) is 12.5. The Labute approximate surface area is 127 Å². The first-order valence-electron chi connectivity index (χ1n) is 6.61. The van der Waals surface area contributed by atoms with Crippen LogP contribution in [-0.4, -0.2) is 0 Å². The standard InChI is InChI=1S/C9H18.C8H9.Li/c1-5-8(4)9(6-2)7-3;1-2-8-6-4-3-5-7-8;/h8-9H,2-3,5-7H2,1,4H3;3-7H,1-2H2;/q-2;-1;+1. The van der Waals surface area contributed by atoms with E-state index in [2.05, 4.69) is 46.8 Å². The molecule has 0 nitrogen and oxygen atoms in total. The quantitative estimate of drug-likeness (QED) is 0.545. The van der Waals surface area contributed by atoms with Crippen LogP contribution in [0.3, 0.4) is 0 Å². The Hall–Kier alpha value is -0.183. The molecule has 0 bridgehead atoms. The summed E-state index contributed by atoms with van der Waals surface area (Å²) in [5.74, 6) is 1.55. The van der Waals surface area contributed by atoms with Gasteiger partial charge >= 0.3 is 18.9 Å². The molecule has 0 aliphatic heterocycles. The Kier molecular flexibility index (Phi) is 14.8. The summed E-state index contributed by atoms with van der Waals surface area (Å²) in [5.41, 5.74) is 1.30. The molecule has 1 heteroatoms. The maximum absolute atomic E-state index is 3.89. The Morgan fingerprint density at radius 3 is 1.72 bits per heavy atom. The van der Waals surface area contributed by atoms with E-state index < -0.39 is 0 Å². The Morgan fingerprint density at radius 1 is 1.00 bits per heavy atom. The van der Waals surface area contributed by atoms with Crippen molar-refractivity contribution in [2.75, 3.05) is 0 Å². The topological polar surface area (TPSA) is 0 Å². The molecule has 1 rings (SSSR count).